The van der Waals surface area contributed by atoms with E-state index in [1.165, 1.54) is 0 Å². The zero-order chi connectivity index (χ0) is 11.2. The van der Waals surface area contributed by atoms with E-state index in [-0.39, 0.29) is 5.92 Å². The predicted molar refractivity (Wildman–Crippen MR) is 52.3 cm³/mol. The summed E-state index contributed by atoms with van der Waals surface area (Å²) in [5, 5.41) is 26.2. The molecule has 1 aliphatic rings. The highest BCUT2D eigenvalue weighted by atomic mass is 16.4. The van der Waals surface area contributed by atoms with Crippen molar-refractivity contribution in [3.05, 3.63) is 17.0 Å². The molecule has 0 aliphatic heterocycles. The van der Waals surface area contributed by atoms with Crippen molar-refractivity contribution in [3.8, 4) is 0 Å². The number of rotatable bonds is 1. The molecule has 0 spiro atoms. The van der Waals surface area contributed by atoms with E-state index in [1.807, 2.05) is 0 Å². The Morgan fingerprint density at radius 3 is 2.93 bits per heavy atom. The van der Waals surface area contributed by atoms with Gasteiger partial charge in [0.05, 0.1) is 5.69 Å². The van der Waals surface area contributed by atoms with E-state index >= 15 is 0 Å². The molecule has 5 heteroatoms. The number of aliphatic carboxylic acids is 1. The number of H-pyrrole nitrogens is 1. The Hall–Kier alpha value is -1.36. The Balaban J connectivity index is 2.64. The number of aliphatic hydroxyl groups is 1. The lowest BCUT2D eigenvalue weighted by atomic mass is 9.74. The first kappa shape index (κ1) is 10.2. The number of carboxylic acid groups (broad SMARTS) is 1. The third-order valence-electron chi connectivity index (χ3n) is 3.26. The van der Waals surface area contributed by atoms with Crippen molar-refractivity contribution in [2.24, 2.45) is 5.92 Å². The fourth-order valence-corrected chi connectivity index (χ4v) is 2.29. The number of aromatic nitrogens is 2. The lowest BCUT2D eigenvalue weighted by Gasteiger charge is -2.34. The second-order valence-electron chi connectivity index (χ2n) is 4.18. The van der Waals surface area contributed by atoms with E-state index in [1.54, 1.807) is 13.8 Å². The minimum Gasteiger partial charge on any atom is -0.479 e. The molecule has 82 valence electrons. The standard InChI is InChI=1S/C10H14N2O3/c1-5-3-4-7-8(6(2)11-12-7)10(5,15)9(13)14/h5,15H,3-4H2,1-2H3,(H,11,12)(H,13,14). The van der Waals surface area contributed by atoms with Crippen LogP contribution in [0, 0.1) is 12.8 Å². The van der Waals surface area contributed by atoms with Crippen molar-refractivity contribution in [2.45, 2.75) is 32.3 Å². The molecule has 0 bridgehead atoms. The van der Waals surface area contributed by atoms with E-state index in [4.69, 9.17) is 5.11 Å². The number of hydrogen-bond donors (Lipinski definition) is 3. The molecule has 2 unspecified atom stereocenters. The second kappa shape index (κ2) is 3.06. The Morgan fingerprint density at radius 2 is 2.33 bits per heavy atom. The monoisotopic (exact) mass is 210 g/mol. The van der Waals surface area contributed by atoms with Gasteiger partial charge in [-0.05, 0) is 19.8 Å². The maximum atomic E-state index is 11.2. The molecule has 1 aromatic rings. The zero-order valence-corrected chi connectivity index (χ0v) is 8.74. The quantitative estimate of drug-likeness (QED) is 0.632. The number of hydrogen-bond acceptors (Lipinski definition) is 3. The van der Waals surface area contributed by atoms with Gasteiger partial charge in [0.25, 0.3) is 0 Å². The minimum absolute atomic E-state index is 0.293. The highest BCUT2D eigenvalue weighted by molar-refractivity contribution is 5.80. The first-order valence-corrected chi connectivity index (χ1v) is 4.98. The number of carboxylic acids is 1. The van der Waals surface area contributed by atoms with Crippen molar-refractivity contribution >= 4 is 5.97 Å². The van der Waals surface area contributed by atoms with E-state index in [9.17, 15) is 9.90 Å². The number of nitrogens with one attached hydrogen (secondary N) is 1. The van der Waals surface area contributed by atoms with Crippen LogP contribution in [0.4, 0.5) is 0 Å². The van der Waals surface area contributed by atoms with Crippen molar-refractivity contribution in [3.63, 3.8) is 0 Å². The lowest BCUT2D eigenvalue weighted by Crippen LogP contribution is -2.45. The number of carbonyl (C=O) groups is 1. The summed E-state index contributed by atoms with van der Waals surface area (Å²) in [6.07, 6.45) is 1.36. The summed E-state index contributed by atoms with van der Waals surface area (Å²) in [6, 6.07) is 0. The van der Waals surface area contributed by atoms with Crippen LogP contribution in [0.25, 0.3) is 0 Å². The smallest absolute Gasteiger partial charge is 0.340 e. The van der Waals surface area contributed by atoms with Crippen LogP contribution in [-0.4, -0.2) is 26.4 Å². The van der Waals surface area contributed by atoms with Crippen LogP contribution < -0.4 is 0 Å². The normalized spacial score (nSPS) is 29.9. The van der Waals surface area contributed by atoms with Gasteiger partial charge in [0.1, 0.15) is 0 Å². The van der Waals surface area contributed by atoms with Gasteiger partial charge in [-0.2, -0.15) is 5.10 Å². The maximum absolute atomic E-state index is 11.2. The lowest BCUT2D eigenvalue weighted by molar-refractivity contribution is -0.167. The van der Waals surface area contributed by atoms with E-state index < -0.39 is 11.6 Å². The molecule has 2 rings (SSSR count). The van der Waals surface area contributed by atoms with Gasteiger partial charge < -0.3 is 10.2 Å². The van der Waals surface area contributed by atoms with Gasteiger partial charge >= 0.3 is 5.97 Å². The van der Waals surface area contributed by atoms with Crippen LogP contribution in [0.1, 0.15) is 30.3 Å². The number of aromatic amines is 1. The molecule has 0 aromatic carbocycles. The fourth-order valence-electron chi connectivity index (χ4n) is 2.29. The van der Waals surface area contributed by atoms with Crippen LogP contribution in [0.3, 0.4) is 0 Å². The Bertz CT molecular complexity index is 413. The molecule has 0 fully saturated rings. The average Bonchev–Trinajstić information content (AvgIpc) is 2.54. The zero-order valence-electron chi connectivity index (χ0n) is 8.74. The van der Waals surface area contributed by atoms with Gasteiger partial charge in [-0.3, -0.25) is 5.10 Å². The molecule has 0 amide bonds. The van der Waals surface area contributed by atoms with Crippen molar-refractivity contribution in [1.29, 1.82) is 0 Å². The third-order valence-corrected chi connectivity index (χ3v) is 3.26. The van der Waals surface area contributed by atoms with E-state index in [2.05, 4.69) is 10.2 Å². The molecule has 5 nitrogen and oxygen atoms in total. The number of aryl methyl sites for hydroxylation is 2. The summed E-state index contributed by atoms with van der Waals surface area (Å²) in [6.45, 7) is 3.49. The van der Waals surface area contributed by atoms with Crippen LogP contribution in [0.15, 0.2) is 0 Å². The largest absolute Gasteiger partial charge is 0.479 e. The molecule has 1 aromatic heterocycles. The number of nitrogens with zero attached hydrogens (tertiary/aromatic N) is 1. The topological polar surface area (TPSA) is 86.2 Å². The highest BCUT2D eigenvalue weighted by Crippen LogP contribution is 2.40. The van der Waals surface area contributed by atoms with Crippen LogP contribution >= 0.6 is 0 Å². The first-order valence-electron chi connectivity index (χ1n) is 4.98. The third kappa shape index (κ3) is 1.19. The van der Waals surface area contributed by atoms with Crippen molar-refractivity contribution in [1.82, 2.24) is 10.2 Å². The van der Waals surface area contributed by atoms with Gasteiger partial charge in [-0.25, -0.2) is 4.79 Å². The van der Waals surface area contributed by atoms with Gasteiger partial charge in [0.2, 0.25) is 0 Å². The summed E-state index contributed by atoms with van der Waals surface area (Å²) < 4.78 is 0. The van der Waals surface area contributed by atoms with Crippen molar-refractivity contribution < 1.29 is 15.0 Å². The van der Waals surface area contributed by atoms with Gasteiger partial charge in [-0.15, -0.1) is 0 Å². The molecule has 15 heavy (non-hydrogen) atoms. The molecule has 2 atom stereocenters. The molecular weight excluding hydrogens is 196 g/mol. The fraction of sp³-hybridized carbons (Fsp3) is 0.600. The molecule has 0 saturated carbocycles. The Morgan fingerprint density at radius 1 is 1.67 bits per heavy atom. The van der Waals surface area contributed by atoms with Crippen LogP contribution in [0.2, 0.25) is 0 Å². The number of fused-ring (bicyclic) bond motifs is 1. The van der Waals surface area contributed by atoms with Crippen molar-refractivity contribution in [2.75, 3.05) is 0 Å². The summed E-state index contributed by atoms with van der Waals surface area (Å²) in [4.78, 5) is 11.2. The molecule has 3 N–H and O–H groups in total. The highest BCUT2D eigenvalue weighted by Gasteiger charge is 2.49. The first-order chi connectivity index (χ1) is 6.98. The Labute approximate surface area is 87.1 Å². The summed E-state index contributed by atoms with van der Waals surface area (Å²) in [5.41, 5.74) is -0.0179. The van der Waals surface area contributed by atoms with Crippen LogP contribution in [-0.2, 0) is 16.8 Å². The van der Waals surface area contributed by atoms with Gasteiger partial charge in [0.15, 0.2) is 5.60 Å². The minimum atomic E-state index is -1.79. The molecule has 0 saturated heterocycles. The van der Waals surface area contributed by atoms with Gasteiger partial charge in [-0.1, -0.05) is 6.92 Å². The summed E-state index contributed by atoms with van der Waals surface area (Å²) >= 11 is 0. The SMILES string of the molecule is Cc1[nH]nc2c1C(O)(C(=O)O)C(C)CC2. The molecule has 1 heterocycles. The summed E-state index contributed by atoms with van der Waals surface area (Å²) in [7, 11) is 0. The van der Waals surface area contributed by atoms with Crippen LogP contribution in [0.5, 0.6) is 0 Å². The van der Waals surface area contributed by atoms with E-state index in [0.717, 1.165) is 6.42 Å². The molecular formula is C10H14N2O3. The van der Waals surface area contributed by atoms with Gasteiger partial charge in [0, 0.05) is 17.2 Å². The maximum Gasteiger partial charge on any atom is 0.340 e. The Kier molecular flexibility index (Phi) is 2.08. The average molecular weight is 210 g/mol. The second-order valence-corrected chi connectivity index (χ2v) is 4.18. The summed E-state index contributed by atoms with van der Waals surface area (Å²) in [5.74, 6) is -1.49. The molecule has 1 aliphatic carbocycles. The predicted octanol–water partition coefficient (Wildman–Crippen LogP) is 0.573. The van der Waals surface area contributed by atoms with E-state index in [0.29, 0.717) is 23.4 Å². The molecule has 0 radical (unpaired) electrons.